The standard InChI is InChI=1S/C42H64N2O4/c1-39(2)27-35(28-40(3,4)43(39)31-33-21-15-13-16-22-33)47-37(45)25-19-11-9-10-12-20-26-38(46)48-36-29-41(5,6)44(42(7,8)30-36)32-34-23-17-14-18-24-34/h13-18,21-24,35-36H,9-12,19-20,25-32H2,1-8H3. The smallest absolute Gasteiger partial charge is 0.306 e. The lowest BCUT2D eigenvalue weighted by atomic mass is 9.77. The molecule has 0 saturated carbocycles. The minimum atomic E-state index is -0.0672. The van der Waals surface area contributed by atoms with Crippen LogP contribution in [-0.2, 0) is 32.2 Å². The zero-order valence-corrected chi connectivity index (χ0v) is 31.4. The molecule has 0 radical (unpaired) electrons. The first-order valence-corrected chi connectivity index (χ1v) is 18.6. The second-order valence-electron chi connectivity index (χ2n) is 17.1. The van der Waals surface area contributed by atoms with Gasteiger partial charge >= 0.3 is 11.9 Å². The van der Waals surface area contributed by atoms with Gasteiger partial charge in [0.1, 0.15) is 12.2 Å². The lowest BCUT2D eigenvalue weighted by Gasteiger charge is -2.55. The monoisotopic (exact) mass is 660 g/mol. The molecule has 6 heteroatoms. The Hall–Kier alpha value is -2.70. The second-order valence-corrected chi connectivity index (χ2v) is 17.1. The molecule has 2 aromatic rings. The normalized spacial score (nSPS) is 21.1. The Bertz CT molecular complexity index is 1170. The number of hydrogen-bond acceptors (Lipinski definition) is 6. The zero-order chi connectivity index (χ0) is 35.0. The summed E-state index contributed by atoms with van der Waals surface area (Å²) < 4.78 is 12.1. The summed E-state index contributed by atoms with van der Waals surface area (Å²) in [5.74, 6) is -0.133. The van der Waals surface area contributed by atoms with Gasteiger partial charge in [-0.1, -0.05) is 86.3 Å². The van der Waals surface area contributed by atoms with Gasteiger partial charge in [0.15, 0.2) is 0 Å². The van der Waals surface area contributed by atoms with Crippen LogP contribution in [0.15, 0.2) is 60.7 Å². The summed E-state index contributed by atoms with van der Waals surface area (Å²) >= 11 is 0. The molecule has 0 spiro atoms. The molecule has 266 valence electrons. The van der Waals surface area contributed by atoms with E-state index in [1.807, 2.05) is 0 Å². The first kappa shape index (κ1) is 38.1. The third-order valence-electron chi connectivity index (χ3n) is 10.8. The molecule has 2 aromatic carbocycles. The largest absolute Gasteiger partial charge is 0.462 e. The third kappa shape index (κ3) is 10.9. The second kappa shape index (κ2) is 16.3. The summed E-state index contributed by atoms with van der Waals surface area (Å²) in [6, 6.07) is 21.3. The highest BCUT2D eigenvalue weighted by atomic mass is 16.5. The molecule has 0 N–H and O–H groups in total. The van der Waals surface area contributed by atoms with E-state index in [0.717, 1.165) is 77.3 Å². The van der Waals surface area contributed by atoms with E-state index in [0.29, 0.717) is 12.8 Å². The van der Waals surface area contributed by atoms with Gasteiger partial charge < -0.3 is 9.47 Å². The van der Waals surface area contributed by atoms with Gasteiger partial charge in [0.2, 0.25) is 0 Å². The Kier molecular flexibility index (Phi) is 13.0. The number of ether oxygens (including phenoxy) is 2. The summed E-state index contributed by atoms with van der Waals surface area (Å²) in [6.07, 6.45) is 10.1. The highest BCUT2D eigenvalue weighted by Crippen LogP contribution is 2.42. The van der Waals surface area contributed by atoms with Crippen LogP contribution >= 0.6 is 0 Å². The van der Waals surface area contributed by atoms with Crippen molar-refractivity contribution in [2.75, 3.05) is 0 Å². The van der Waals surface area contributed by atoms with E-state index in [9.17, 15) is 9.59 Å². The first-order chi connectivity index (χ1) is 22.6. The maximum Gasteiger partial charge on any atom is 0.306 e. The molecule has 2 heterocycles. The maximum atomic E-state index is 12.8. The zero-order valence-electron chi connectivity index (χ0n) is 31.4. The molecule has 4 rings (SSSR count). The van der Waals surface area contributed by atoms with E-state index in [1.54, 1.807) is 0 Å². The topological polar surface area (TPSA) is 59.1 Å². The third-order valence-corrected chi connectivity index (χ3v) is 10.8. The van der Waals surface area contributed by atoms with Crippen LogP contribution in [0.5, 0.6) is 0 Å². The summed E-state index contributed by atoms with van der Waals surface area (Å²) in [5.41, 5.74) is 2.36. The van der Waals surface area contributed by atoms with Crippen LogP contribution < -0.4 is 0 Å². The number of hydrogen-bond donors (Lipinski definition) is 0. The summed E-state index contributed by atoms with van der Waals surface area (Å²) in [4.78, 5) is 30.7. The number of piperidine rings is 2. The van der Waals surface area contributed by atoms with Gasteiger partial charge in [0, 0.05) is 73.8 Å². The molecular formula is C42H64N2O4. The van der Waals surface area contributed by atoms with E-state index in [1.165, 1.54) is 11.1 Å². The van der Waals surface area contributed by atoms with Gasteiger partial charge in [-0.25, -0.2) is 0 Å². The van der Waals surface area contributed by atoms with Gasteiger partial charge in [0.25, 0.3) is 0 Å². The summed E-state index contributed by atoms with van der Waals surface area (Å²) in [7, 11) is 0. The predicted octanol–water partition coefficient (Wildman–Crippen LogP) is 9.64. The van der Waals surface area contributed by atoms with Crippen molar-refractivity contribution >= 4 is 11.9 Å². The number of benzene rings is 2. The minimum absolute atomic E-state index is 0.0479. The first-order valence-electron chi connectivity index (χ1n) is 18.6. The molecule has 48 heavy (non-hydrogen) atoms. The molecule has 6 nitrogen and oxygen atoms in total. The van der Waals surface area contributed by atoms with Crippen molar-refractivity contribution in [1.29, 1.82) is 0 Å². The van der Waals surface area contributed by atoms with Crippen molar-refractivity contribution < 1.29 is 19.1 Å². The van der Waals surface area contributed by atoms with Crippen LogP contribution in [0.3, 0.4) is 0 Å². The quantitative estimate of drug-likeness (QED) is 0.140. The molecule has 0 unspecified atom stereocenters. The molecule has 0 atom stereocenters. The van der Waals surface area contributed by atoms with E-state index in [4.69, 9.17) is 9.47 Å². The van der Waals surface area contributed by atoms with E-state index < -0.39 is 0 Å². The van der Waals surface area contributed by atoms with Crippen LogP contribution in [0.1, 0.15) is 144 Å². The molecule has 2 aliphatic rings. The van der Waals surface area contributed by atoms with E-state index in [-0.39, 0.29) is 46.3 Å². The predicted molar refractivity (Wildman–Crippen MR) is 195 cm³/mol. The number of likely N-dealkylation sites (tertiary alicyclic amines) is 2. The number of unbranched alkanes of at least 4 members (excludes halogenated alkanes) is 5. The Morgan fingerprint density at radius 3 is 1.12 bits per heavy atom. The molecule has 0 aromatic heterocycles. The maximum absolute atomic E-state index is 12.8. The number of esters is 2. The molecule has 0 aliphatic carbocycles. The molecule has 2 aliphatic heterocycles. The van der Waals surface area contributed by atoms with Crippen molar-refractivity contribution in [2.24, 2.45) is 0 Å². The fourth-order valence-electron chi connectivity index (χ4n) is 8.74. The Morgan fingerprint density at radius 2 is 0.812 bits per heavy atom. The number of rotatable bonds is 15. The van der Waals surface area contributed by atoms with Crippen LogP contribution in [0, 0.1) is 0 Å². The van der Waals surface area contributed by atoms with Gasteiger partial charge in [-0.2, -0.15) is 0 Å². The fraction of sp³-hybridized carbons (Fsp3) is 0.667. The molecule has 0 amide bonds. The van der Waals surface area contributed by atoms with Gasteiger partial charge in [0.05, 0.1) is 0 Å². The van der Waals surface area contributed by atoms with Crippen LogP contribution in [0.4, 0.5) is 0 Å². The van der Waals surface area contributed by atoms with Gasteiger partial charge in [-0.3, -0.25) is 19.4 Å². The van der Waals surface area contributed by atoms with Crippen molar-refractivity contribution in [3.05, 3.63) is 71.8 Å². The minimum Gasteiger partial charge on any atom is -0.462 e. The lowest BCUT2D eigenvalue weighted by Crippen LogP contribution is -2.61. The number of carbonyl (C=O) groups is 2. The number of carbonyl (C=O) groups excluding carboxylic acids is 2. The summed E-state index contributed by atoms with van der Waals surface area (Å²) in [6.45, 7) is 20.0. The highest BCUT2D eigenvalue weighted by molar-refractivity contribution is 5.70. The van der Waals surface area contributed by atoms with Crippen molar-refractivity contribution in [3.63, 3.8) is 0 Å². The lowest BCUT2D eigenvalue weighted by molar-refractivity contribution is -0.162. The van der Waals surface area contributed by atoms with Crippen LogP contribution in [-0.4, -0.2) is 56.1 Å². The van der Waals surface area contributed by atoms with Gasteiger partial charge in [-0.15, -0.1) is 0 Å². The van der Waals surface area contributed by atoms with Crippen LogP contribution in [0.25, 0.3) is 0 Å². The van der Waals surface area contributed by atoms with E-state index in [2.05, 4.69) is 126 Å². The average Bonchev–Trinajstić information content (AvgIpc) is 2.98. The molecule has 2 saturated heterocycles. The van der Waals surface area contributed by atoms with Crippen molar-refractivity contribution in [2.45, 2.75) is 180 Å². The Balaban J connectivity index is 1.08. The van der Waals surface area contributed by atoms with Crippen molar-refractivity contribution in [1.82, 2.24) is 9.80 Å². The van der Waals surface area contributed by atoms with Crippen molar-refractivity contribution in [3.8, 4) is 0 Å². The SMILES string of the molecule is CC1(C)CC(OC(=O)CCCCCCCCC(=O)OC2CC(C)(C)N(Cc3ccccc3)C(C)(C)C2)CC(C)(C)N1Cc1ccccc1. The number of nitrogens with zero attached hydrogens (tertiary/aromatic N) is 2. The average molecular weight is 661 g/mol. The Labute approximate surface area is 291 Å². The molecular weight excluding hydrogens is 596 g/mol. The highest BCUT2D eigenvalue weighted by Gasteiger charge is 2.47. The van der Waals surface area contributed by atoms with Gasteiger partial charge in [-0.05, 0) is 79.4 Å². The summed E-state index contributed by atoms with van der Waals surface area (Å²) in [5, 5.41) is 0. The Morgan fingerprint density at radius 1 is 0.521 bits per heavy atom. The van der Waals surface area contributed by atoms with Crippen LogP contribution in [0.2, 0.25) is 0 Å². The van der Waals surface area contributed by atoms with E-state index >= 15 is 0 Å². The molecule has 0 bridgehead atoms. The molecule has 2 fully saturated rings. The fourth-order valence-corrected chi connectivity index (χ4v) is 8.74.